The molecule has 5 heteroatoms. The Kier molecular flexibility index (Phi) is 4.01. The standard InChI is InChI=1S/C9H12Cl2N2O/c10-5-3-6(8(13)1-2-12)9(14)7(11)4-5/h3-4,8,14H,1-2,12-13H2/t8-/m0/s1. The van der Waals surface area contributed by atoms with Gasteiger partial charge in [-0.15, -0.1) is 0 Å². The quantitative estimate of drug-likeness (QED) is 0.750. The molecule has 0 amide bonds. The molecule has 0 saturated carbocycles. The van der Waals surface area contributed by atoms with Crippen molar-refractivity contribution in [2.45, 2.75) is 12.5 Å². The fraction of sp³-hybridized carbons (Fsp3) is 0.333. The smallest absolute Gasteiger partial charge is 0.139 e. The molecule has 0 aliphatic heterocycles. The minimum Gasteiger partial charge on any atom is -0.506 e. The molecule has 0 aromatic heterocycles. The third-order valence-electron chi connectivity index (χ3n) is 1.93. The summed E-state index contributed by atoms with van der Waals surface area (Å²) in [5.41, 5.74) is 11.7. The van der Waals surface area contributed by atoms with Gasteiger partial charge in [0.15, 0.2) is 0 Å². The fourth-order valence-electron chi connectivity index (χ4n) is 1.20. The lowest BCUT2D eigenvalue weighted by atomic mass is 10.0. The first-order valence-electron chi connectivity index (χ1n) is 4.19. The third-order valence-corrected chi connectivity index (χ3v) is 2.44. The maximum atomic E-state index is 9.61. The molecule has 14 heavy (non-hydrogen) atoms. The van der Waals surface area contributed by atoms with Crippen LogP contribution in [0.15, 0.2) is 12.1 Å². The van der Waals surface area contributed by atoms with Crippen molar-refractivity contribution in [2.24, 2.45) is 11.5 Å². The van der Waals surface area contributed by atoms with Crippen LogP contribution in [0.25, 0.3) is 0 Å². The average molecular weight is 235 g/mol. The van der Waals surface area contributed by atoms with E-state index in [0.717, 1.165) is 0 Å². The molecule has 3 nitrogen and oxygen atoms in total. The summed E-state index contributed by atoms with van der Waals surface area (Å²) in [6.07, 6.45) is 0.574. The van der Waals surface area contributed by atoms with Crippen molar-refractivity contribution in [1.82, 2.24) is 0 Å². The molecule has 0 radical (unpaired) electrons. The van der Waals surface area contributed by atoms with E-state index in [-0.39, 0.29) is 16.8 Å². The Hall–Kier alpha value is -0.480. The predicted octanol–water partition coefficient (Wildman–Crippen LogP) is 2.05. The summed E-state index contributed by atoms with van der Waals surface area (Å²) in [6, 6.07) is 2.73. The van der Waals surface area contributed by atoms with E-state index in [1.807, 2.05) is 0 Å². The zero-order valence-electron chi connectivity index (χ0n) is 7.50. The van der Waals surface area contributed by atoms with Gasteiger partial charge >= 0.3 is 0 Å². The van der Waals surface area contributed by atoms with Crippen LogP contribution in [0.3, 0.4) is 0 Å². The molecule has 1 aromatic rings. The highest BCUT2D eigenvalue weighted by atomic mass is 35.5. The molecule has 0 aliphatic carbocycles. The van der Waals surface area contributed by atoms with E-state index < -0.39 is 0 Å². The summed E-state index contributed by atoms with van der Waals surface area (Å²) in [5.74, 6) is -0.0167. The second-order valence-corrected chi connectivity index (χ2v) is 3.85. The summed E-state index contributed by atoms with van der Waals surface area (Å²) in [6.45, 7) is 0.449. The number of nitrogens with two attached hydrogens (primary N) is 2. The lowest BCUT2D eigenvalue weighted by Gasteiger charge is -2.13. The van der Waals surface area contributed by atoms with Crippen molar-refractivity contribution in [3.8, 4) is 5.75 Å². The largest absolute Gasteiger partial charge is 0.506 e. The molecule has 0 aliphatic rings. The Morgan fingerprint density at radius 2 is 2.00 bits per heavy atom. The highest BCUT2D eigenvalue weighted by Gasteiger charge is 2.13. The summed E-state index contributed by atoms with van der Waals surface area (Å²) in [5, 5.41) is 10.3. The van der Waals surface area contributed by atoms with Crippen molar-refractivity contribution in [3.05, 3.63) is 27.7 Å². The van der Waals surface area contributed by atoms with Crippen LogP contribution in [0.2, 0.25) is 10.0 Å². The van der Waals surface area contributed by atoms with E-state index in [0.29, 0.717) is 23.6 Å². The molecule has 0 spiro atoms. The van der Waals surface area contributed by atoms with Crippen LogP contribution in [0.1, 0.15) is 18.0 Å². The normalized spacial score (nSPS) is 12.9. The minimum absolute atomic E-state index is 0.0167. The van der Waals surface area contributed by atoms with Crippen molar-refractivity contribution in [3.63, 3.8) is 0 Å². The molecule has 0 unspecified atom stereocenters. The molecular formula is C9H12Cl2N2O. The van der Waals surface area contributed by atoms with Crippen LogP contribution in [0, 0.1) is 0 Å². The number of hydrogen-bond donors (Lipinski definition) is 3. The first-order chi connectivity index (χ1) is 6.56. The molecule has 0 heterocycles. The van der Waals surface area contributed by atoms with Gasteiger partial charge < -0.3 is 16.6 Å². The maximum absolute atomic E-state index is 9.61. The van der Waals surface area contributed by atoms with Gasteiger partial charge in [-0.1, -0.05) is 23.2 Å². The first kappa shape index (κ1) is 11.6. The number of phenolic OH excluding ortho intramolecular Hbond substituents is 1. The van der Waals surface area contributed by atoms with Gasteiger partial charge in [-0.05, 0) is 25.1 Å². The highest BCUT2D eigenvalue weighted by Crippen LogP contribution is 2.34. The fourth-order valence-corrected chi connectivity index (χ4v) is 1.71. The summed E-state index contributed by atoms with van der Waals surface area (Å²) >= 11 is 11.5. The van der Waals surface area contributed by atoms with E-state index in [1.54, 1.807) is 6.07 Å². The number of hydrogen-bond acceptors (Lipinski definition) is 3. The SMILES string of the molecule is NCC[C@H](N)c1cc(Cl)cc(Cl)c1O. The summed E-state index contributed by atoms with van der Waals surface area (Å²) < 4.78 is 0. The zero-order valence-corrected chi connectivity index (χ0v) is 9.02. The first-order valence-corrected chi connectivity index (χ1v) is 4.95. The number of halogens is 2. The van der Waals surface area contributed by atoms with Gasteiger partial charge in [0.2, 0.25) is 0 Å². The van der Waals surface area contributed by atoms with Crippen molar-refractivity contribution in [1.29, 1.82) is 0 Å². The lowest BCUT2D eigenvalue weighted by Crippen LogP contribution is -2.15. The van der Waals surface area contributed by atoms with Gasteiger partial charge in [0, 0.05) is 16.6 Å². The van der Waals surface area contributed by atoms with Crippen LogP contribution >= 0.6 is 23.2 Å². The van der Waals surface area contributed by atoms with Crippen LogP contribution in [0.4, 0.5) is 0 Å². The number of benzene rings is 1. The molecule has 0 fully saturated rings. The van der Waals surface area contributed by atoms with Gasteiger partial charge in [-0.25, -0.2) is 0 Å². The Morgan fingerprint density at radius 3 is 2.57 bits per heavy atom. The highest BCUT2D eigenvalue weighted by molar-refractivity contribution is 6.35. The molecule has 78 valence electrons. The second kappa shape index (κ2) is 4.84. The molecule has 1 aromatic carbocycles. The van der Waals surface area contributed by atoms with Crippen LogP contribution < -0.4 is 11.5 Å². The molecule has 1 rings (SSSR count). The average Bonchev–Trinajstić information content (AvgIpc) is 2.11. The van der Waals surface area contributed by atoms with Crippen molar-refractivity contribution >= 4 is 23.2 Å². The van der Waals surface area contributed by atoms with Crippen molar-refractivity contribution in [2.75, 3.05) is 6.54 Å². The van der Waals surface area contributed by atoms with E-state index in [2.05, 4.69) is 0 Å². The van der Waals surface area contributed by atoms with E-state index in [1.165, 1.54) is 6.07 Å². The van der Waals surface area contributed by atoms with E-state index in [4.69, 9.17) is 34.7 Å². The Morgan fingerprint density at radius 1 is 1.36 bits per heavy atom. The van der Waals surface area contributed by atoms with Gasteiger partial charge in [0.05, 0.1) is 5.02 Å². The molecule has 0 bridgehead atoms. The van der Waals surface area contributed by atoms with Crippen LogP contribution in [0.5, 0.6) is 5.75 Å². The van der Waals surface area contributed by atoms with Gasteiger partial charge in [-0.2, -0.15) is 0 Å². The molecule has 0 saturated heterocycles. The molecular weight excluding hydrogens is 223 g/mol. The topological polar surface area (TPSA) is 72.3 Å². The van der Waals surface area contributed by atoms with Crippen LogP contribution in [-0.2, 0) is 0 Å². The van der Waals surface area contributed by atoms with Gasteiger partial charge in [0.25, 0.3) is 0 Å². The van der Waals surface area contributed by atoms with Crippen molar-refractivity contribution < 1.29 is 5.11 Å². The predicted molar refractivity (Wildman–Crippen MR) is 58.7 cm³/mol. The van der Waals surface area contributed by atoms with E-state index in [9.17, 15) is 5.11 Å². The molecule has 1 atom stereocenters. The second-order valence-electron chi connectivity index (χ2n) is 3.01. The lowest BCUT2D eigenvalue weighted by molar-refractivity contribution is 0.459. The Bertz CT molecular complexity index is 331. The summed E-state index contributed by atoms with van der Waals surface area (Å²) in [4.78, 5) is 0. The Balaban J connectivity index is 3.07. The molecule has 5 N–H and O–H groups in total. The monoisotopic (exact) mass is 234 g/mol. The number of aromatic hydroxyl groups is 1. The number of rotatable bonds is 3. The van der Waals surface area contributed by atoms with E-state index >= 15 is 0 Å². The van der Waals surface area contributed by atoms with Crippen LogP contribution in [-0.4, -0.2) is 11.7 Å². The Labute approximate surface area is 92.6 Å². The van der Waals surface area contributed by atoms with Gasteiger partial charge in [-0.3, -0.25) is 0 Å². The van der Waals surface area contributed by atoms with Gasteiger partial charge in [0.1, 0.15) is 5.75 Å². The maximum Gasteiger partial charge on any atom is 0.139 e. The summed E-state index contributed by atoms with van der Waals surface area (Å²) in [7, 11) is 0. The number of phenols is 1. The third kappa shape index (κ3) is 2.51. The minimum atomic E-state index is -0.337. The zero-order chi connectivity index (χ0) is 10.7.